The molecule has 92 valence electrons. The summed E-state index contributed by atoms with van der Waals surface area (Å²) in [7, 11) is 0. The van der Waals surface area contributed by atoms with Gasteiger partial charge in [-0.3, -0.25) is 4.98 Å². The van der Waals surface area contributed by atoms with Gasteiger partial charge in [0.2, 0.25) is 0 Å². The fraction of sp³-hybridized carbons (Fsp3) is 0.600. The Morgan fingerprint density at radius 2 is 1.82 bits per heavy atom. The highest BCUT2D eigenvalue weighted by Gasteiger charge is 2.01. The Labute approximate surface area is 105 Å². The second kappa shape index (κ2) is 8.75. The Balaban J connectivity index is 2.16. The zero-order valence-electron chi connectivity index (χ0n) is 10.8. The van der Waals surface area contributed by atoms with E-state index >= 15 is 0 Å². The molecule has 0 bridgehead atoms. The molecule has 0 aromatic carbocycles. The lowest BCUT2D eigenvalue weighted by molar-refractivity contribution is 0.587. The summed E-state index contributed by atoms with van der Waals surface area (Å²) in [6.07, 6.45) is 11.8. The predicted octanol–water partition coefficient (Wildman–Crippen LogP) is 4.25. The van der Waals surface area contributed by atoms with Crippen LogP contribution in [0.1, 0.15) is 63.1 Å². The molecule has 1 aromatic heterocycles. The average Bonchev–Trinajstić information content (AvgIpc) is 2.38. The van der Waals surface area contributed by atoms with E-state index in [4.69, 9.17) is 5.26 Å². The molecule has 2 heteroatoms. The summed E-state index contributed by atoms with van der Waals surface area (Å²) >= 11 is 0. The van der Waals surface area contributed by atoms with Gasteiger partial charge in [0.15, 0.2) is 0 Å². The molecule has 1 rings (SSSR count). The van der Waals surface area contributed by atoms with Crippen LogP contribution in [0.25, 0.3) is 0 Å². The number of aromatic nitrogens is 1. The first-order valence-electron chi connectivity index (χ1n) is 6.72. The van der Waals surface area contributed by atoms with Crippen molar-refractivity contribution in [1.29, 1.82) is 5.26 Å². The van der Waals surface area contributed by atoms with Crippen LogP contribution in [0.3, 0.4) is 0 Å². The average molecular weight is 230 g/mol. The van der Waals surface area contributed by atoms with Crippen LogP contribution in [0.2, 0.25) is 0 Å². The maximum Gasteiger partial charge on any atom is 0.101 e. The van der Waals surface area contributed by atoms with Crippen LogP contribution in [0.15, 0.2) is 18.3 Å². The van der Waals surface area contributed by atoms with Gasteiger partial charge in [-0.25, -0.2) is 0 Å². The van der Waals surface area contributed by atoms with Crippen molar-refractivity contribution in [2.24, 2.45) is 0 Å². The molecule has 0 aliphatic heterocycles. The highest BCUT2D eigenvalue weighted by atomic mass is 14.7. The SMILES string of the molecule is CCCCCCCCCc1ncccc1C#N. The molecule has 0 saturated heterocycles. The number of aryl methyl sites for hydroxylation is 1. The molecule has 0 fully saturated rings. The van der Waals surface area contributed by atoms with Gasteiger partial charge in [-0.1, -0.05) is 45.4 Å². The number of nitrogens with zero attached hydrogens (tertiary/aromatic N) is 2. The lowest BCUT2D eigenvalue weighted by Gasteiger charge is -2.03. The van der Waals surface area contributed by atoms with Gasteiger partial charge in [0, 0.05) is 6.20 Å². The van der Waals surface area contributed by atoms with Crippen molar-refractivity contribution in [3.8, 4) is 6.07 Å². The molecule has 0 unspecified atom stereocenters. The molecule has 0 N–H and O–H groups in total. The fourth-order valence-electron chi connectivity index (χ4n) is 1.99. The van der Waals surface area contributed by atoms with Gasteiger partial charge in [-0.05, 0) is 25.0 Å². The fourth-order valence-corrected chi connectivity index (χ4v) is 1.99. The monoisotopic (exact) mass is 230 g/mol. The van der Waals surface area contributed by atoms with Gasteiger partial charge in [-0.2, -0.15) is 5.26 Å². The van der Waals surface area contributed by atoms with E-state index in [-0.39, 0.29) is 0 Å². The molecule has 1 heterocycles. The van der Waals surface area contributed by atoms with Crippen molar-refractivity contribution >= 4 is 0 Å². The molecule has 2 nitrogen and oxygen atoms in total. The molecule has 0 radical (unpaired) electrons. The minimum absolute atomic E-state index is 0.735. The van der Waals surface area contributed by atoms with E-state index in [0.717, 1.165) is 24.1 Å². The number of hydrogen-bond donors (Lipinski definition) is 0. The predicted molar refractivity (Wildman–Crippen MR) is 70.6 cm³/mol. The summed E-state index contributed by atoms with van der Waals surface area (Å²) in [6.45, 7) is 2.24. The number of nitriles is 1. The number of hydrogen-bond acceptors (Lipinski definition) is 2. The maximum absolute atomic E-state index is 8.93. The first-order valence-corrected chi connectivity index (χ1v) is 6.72. The summed E-state index contributed by atoms with van der Waals surface area (Å²) in [5.41, 5.74) is 1.70. The van der Waals surface area contributed by atoms with Crippen molar-refractivity contribution in [3.63, 3.8) is 0 Å². The molecule has 0 atom stereocenters. The lowest BCUT2D eigenvalue weighted by atomic mass is 10.1. The Morgan fingerprint density at radius 1 is 1.12 bits per heavy atom. The zero-order valence-corrected chi connectivity index (χ0v) is 10.8. The normalized spacial score (nSPS) is 10.1. The summed E-state index contributed by atoms with van der Waals surface area (Å²) < 4.78 is 0. The van der Waals surface area contributed by atoms with E-state index in [2.05, 4.69) is 18.0 Å². The smallest absolute Gasteiger partial charge is 0.101 e. The van der Waals surface area contributed by atoms with E-state index in [0.29, 0.717) is 0 Å². The van der Waals surface area contributed by atoms with E-state index in [9.17, 15) is 0 Å². The van der Waals surface area contributed by atoms with Crippen molar-refractivity contribution in [2.75, 3.05) is 0 Å². The van der Waals surface area contributed by atoms with E-state index < -0.39 is 0 Å². The van der Waals surface area contributed by atoms with Crippen molar-refractivity contribution in [3.05, 3.63) is 29.6 Å². The molecule has 17 heavy (non-hydrogen) atoms. The first-order chi connectivity index (χ1) is 8.38. The second-order valence-corrected chi connectivity index (χ2v) is 4.48. The summed E-state index contributed by atoms with van der Waals surface area (Å²) in [5, 5.41) is 8.93. The molecule has 0 spiro atoms. The van der Waals surface area contributed by atoms with Crippen LogP contribution in [-0.4, -0.2) is 4.98 Å². The van der Waals surface area contributed by atoms with Crippen LogP contribution in [0.4, 0.5) is 0 Å². The molecular formula is C15H22N2. The second-order valence-electron chi connectivity index (χ2n) is 4.48. The standard InChI is InChI=1S/C15H22N2/c1-2-3-4-5-6-7-8-11-15-14(13-16)10-9-12-17-15/h9-10,12H,2-8,11H2,1H3. The number of pyridine rings is 1. The van der Waals surface area contributed by atoms with Gasteiger partial charge >= 0.3 is 0 Å². The molecular weight excluding hydrogens is 208 g/mol. The first kappa shape index (κ1) is 13.7. The van der Waals surface area contributed by atoms with E-state index in [1.54, 1.807) is 6.20 Å². The van der Waals surface area contributed by atoms with Crippen LogP contribution in [0.5, 0.6) is 0 Å². The van der Waals surface area contributed by atoms with E-state index in [1.807, 2.05) is 12.1 Å². The molecule has 0 saturated carbocycles. The summed E-state index contributed by atoms with van der Waals surface area (Å²) in [4.78, 5) is 4.27. The largest absolute Gasteiger partial charge is 0.260 e. The van der Waals surface area contributed by atoms with Gasteiger partial charge in [-0.15, -0.1) is 0 Å². The third-order valence-corrected chi connectivity index (χ3v) is 3.03. The Kier molecular flexibility index (Phi) is 7.06. The zero-order chi connectivity index (χ0) is 12.3. The number of rotatable bonds is 8. The molecule has 0 aliphatic carbocycles. The minimum atomic E-state index is 0.735. The van der Waals surface area contributed by atoms with Crippen LogP contribution >= 0.6 is 0 Å². The maximum atomic E-state index is 8.93. The van der Waals surface area contributed by atoms with Gasteiger partial charge in [0.05, 0.1) is 11.3 Å². The Morgan fingerprint density at radius 3 is 2.53 bits per heavy atom. The third kappa shape index (κ3) is 5.49. The van der Waals surface area contributed by atoms with Gasteiger partial charge < -0.3 is 0 Å². The van der Waals surface area contributed by atoms with Gasteiger partial charge in [0.25, 0.3) is 0 Å². The lowest BCUT2D eigenvalue weighted by Crippen LogP contribution is -1.94. The van der Waals surface area contributed by atoms with Gasteiger partial charge in [0.1, 0.15) is 6.07 Å². The van der Waals surface area contributed by atoms with Crippen molar-refractivity contribution in [1.82, 2.24) is 4.98 Å². The highest BCUT2D eigenvalue weighted by molar-refractivity contribution is 5.32. The van der Waals surface area contributed by atoms with Crippen LogP contribution < -0.4 is 0 Å². The Hall–Kier alpha value is -1.36. The third-order valence-electron chi connectivity index (χ3n) is 3.03. The molecule has 0 amide bonds. The number of unbranched alkanes of at least 4 members (excludes halogenated alkanes) is 6. The van der Waals surface area contributed by atoms with E-state index in [1.165, 1.54) is 38.5 Å². The molecule has 0 aliphatic rings. The highest BCUT2D eigenvalue weighted by Crippen LogP contribution is 2.11. The quantitative estimate of drug-likeness (QED) is 0.626. The topological polar surface area (TPSA) is 36.7 Å². The van der Waals surface area contributed by atoms with Crippen LogP contribution in [0, 0.1) is 11.3 Å². The van der Waals surface area contributed by atoms with Crippen LogP contribution in [-0.2, 0) is 6.42 Å². The molecule has 1 aromatic rings. The summed E-state index contributed by atoms with van der Waals surface area (Å²) in [5.74, 6) is 0. The summed E-state index contributed by atoms with van der Waals surface area (Å²) in [6, 6.07) is 5.88. The minimum Gasteiger partial charge on any atom is -0.260 e. The van der Waals surface area contributed by atoms with Crippen molar-refractivity contribution < 1.29 is 0 Å². The Bertz CT molecular complexity index is 352. The van der Waals surface area contributed by atoms with Crippen molar-refractivity contribution in [2.45, 2.75) is 58.3 Å².